The predicted molar refractivity (Wildman–Crippen MR) is 74.7 cm³/mol. The number of carbonyl (C=O) groups excluding carboxylic acids is 1. The van der Waals surface area contributed by atoms with Crippen LogP contribution in [0.25, 0.3) is 0 Å². The van der Waals surface area contributed by atoms with E-state index in [2.05, 4.69) is 5.32 Å². The van der Waals surface area contributed by atoms with Crippen molar-refractivity contribution < 1.29 is 14.3 Å². The van der Waals surface area contributed by atoms with Gasteiger partial charge in [0.05, 0.1) is 19.8 Å². The minimum atomic E-state index is -0.191. The number of methoxy groups -OCH3 is 2. The molecule has 1 rings (SSSR count). The normalized spacial score (nSPS) is 12.1. The zero-order valence-electron chi connectivity index (χ0n) is 11.9. The minimum absolute atomic E-state index is 0.0562. The molecule has 3 N–H and O–H groups in total. The summed E-state index contributed by atoms with van der Waals surface area (Å²) in [5.41, 5.74) is 6.12. The number of ether oxygens (including phenoxy) is 2. The molecule has 0 aromatic heterocycles. The van der Waals surface area contributed by atoms with Gasteiger partial charge in [0, 0.05) is 18.7 Å². The van der Waals surface area contributed by atoms with E-state index in [0.29, 0.717) is 23.6 Å². The fourth-order valence-corrected chi connectivity index (χ4v) is 1.73. The van der Waals surface area contributed by atoms with Crippen molar-refractivity contribution >= 4 is 5.91 Å². The lowest BCUT2D eigenvalue weighted by molar-refractivity contribution is 0.0924. The molecule has 0 bridgehead atoms. The first-order valence-corrected chi connectivity index (χ1v) is 6.26. The van der Waals surface area contributed by atoms with Gasteiger partial charge in [-0.3, -0.25) is 4.79 Å². The standard InChI is InChI=1S/C14H22N2O3/c1-9(2)12(8-15)16-14(17)11-6-5-10(18-3)7-13(11)19-4/h5-7,9,12H,8,15H2,1-4H3,(H,16,17). The van der Waals surface area contributed by atoms with Gasteiger partial charge in [0.1, 0.15) is 11.5 Å². The van der Waals surface area contributed by atoms with E-state index in [9.17, 15) is 4.79 Å². The predicted octanol–water partition coefficient (Wildman–Crippen LogP) is 1.42. The molecule has 0 fully saturated rings. The van der Waals surface area contributed by atoms with E-state index in [1.54, 1.807) is 25.3 Å². The Morgan fingerprint density at radius 1 is 1.32 bits per heavy atom. The highest BCUT2D eigenvalue weighted by molar-refractivity contribution is 5.97. The van der Waals surface area contributed by atoms with Crippen LogP contribution in [-0.2, 0) is 0 Å². The maximum Gasteiger partial charge on any atom is 0.255 e. The smallest absolute Gasteiger partial charge is 0.255 e. The molecule has 0 saturated carbocycles. The Hall–Kier alpha value is -1.75. The van der Waals surface area contributed by atoms with Crippen LogP contribution in [0.15, 0.2) is 18.2 Å². The molecular formula is C14H22N2O3. The zero-order chi connectivity index (χ0) is 14.4. The molecule has 1 aromatic carbocycles. The van der Waals surface area contributed by atoms with Gasteiger partial charge in [0.2, 0.25) is 0 Å². The van der Waals surface area contributed by atoms with Crippen LogP contribution in [0.4, 0.5) is 0 Å². The molecule has 0 radical (unpaired) electrons. The molecule has 1 aromatic rings. The van der Waals surface area contributed by atoms with Gasteiger partial charge in [0.25, 0.3) is 5.91 Å². The Kier molecular flexibility index (Phi) is 5.63. The second kappa shape index (κ2) is 6.99. The molecule has 0 aliphatic carbocycles. The van der Waals surface area contributed by atoms with Gasteiger partial charge in [-0.15, -0.1) is 0 Å². The van der Waals surface area contributed by atoms with Gasteiger partial charge in [-0.25, -0.2) is 0 Å². The number of nitrogens with one attached hydrogen (secondary N) is 1. The number of hydrogen-bond acceptors (Lipinski definition) is 4. The lowest BCUT2D eigenvalue weighted by Crippen LogP contribution is -2.43. The second-order valence-corrected chi connectivity index (χ2v) is 4.63. The highest BCUT2D eigenvalue weighted by Gasteiger charge is 2.18. The zero-order valence-corrected chi connectivity index (χ0v) is 11.9. The molecule has 5 nitrogen and oxygen atoms in total. The third kappa shape index (κ3) is 3.86. The average molecular weight is 266 g/mol. The van der Waals surface area contributed by atoms with Crippen LogP contribution in [0, 0.1) is 5.92 Å². The van der Waals surface area contributed by atoms with Gasteiger partial charge in [-0.05, 0) is 18.1 Å². The van der Waals surface area contributed by atoms with E-state index in [1.165, 1.54) is 7.11 Å². The van der Waals surface area contributed by atoms with Crippen molar-refractivity contribution in [2.75, 3.05) is 20.8 Å². The topological polar surface area (TPSA) is 73.6 Å². The lowest BCUT2D eigenvalue weighted by atomic mass is 10.0. The summed E-state index contributed by atoms with van der Waals surface area (Å²) in [6.45, 7) is 4.44. The van der Waals surface area contributed by atoms with Crippen LogP contribution in [0.3, 0.4) is 0 Å². The Bertz CT molecular complexity index is 433. The number of rotatable bonds is 6. The van der Waals surface area contributed by atoms with Gasteiger partial charge in [-0.2, -0.15) is 0 Å². The fraction of sp³-hybridized carbons (Fsp3) is 0.500. The van der Waals surface area contributed by atoms with Crippen LogP contribution in [0.2, 0.25) is 0 Å². The summed E-state index contributed by atoms with van der Waals surface area (Å²) in [7, 11) is 3.09. The highest BCUT2D eigenvalue weighted by Crippen LogP contribution is 2.24. The van der Waals surface area contributed by atoms with Gasteiger partial charge >= 0.3 is 0 Å². The maximum atomic E-state index is 12.2. The Morgan fingerprint density at radius 2 is 2.00 bits per heavy atom. The highest BCUT2D eigenvalue weighted by atomic mass is 16.5. The maximum absolute atomic E-state index is 12.2. The number of hydrogen-bond donors (Lipinski definition) is 2. The largest absolute Gasteiger partial charge is 0.497 e. The Balaban J connectivity index is 2.93. The van der Waals surface area contributed by atoms with Crippen LogP contribution in [0.1, 0.15) is 24.2 Å². The summed E-state index contributed by atoms with van der Waals surface area (Å²) in [6.07, 6.45) is 0. The van der Waals surface area contributed by atoms with Crippen molar-refractivity contribution in [2.45, 2.75) is 19.9 Å². The Labute approximate surface area is 114 Å². The molecule has 1 unspecified atom stereocenters. The summed E-state index contributed by atoms with van der Waals surface area (Å²) in [6, 6.07) is 5.03. The first-order chi connectivity index (χ1) is 9.03. The van der Waals surface area contributed by atoms with Crippen LogP contribution in [0.5, 0.6) is 11.5 Å². The van der Waals surface area contributed by atoms with Gasteiger partial charge in [-0.1, -0.05) is 13.8 Å². The molecular weight excluding hydrogens is 244 g/mol. The van der Waals surface area contributed by atoms with Crippen molar-refractivity contribution in [3.05, 3.63) is 23.8 Å². The molecule has 0 saturated heterocycles. The number of nitrogens with two attached hydrogens (primary N) is 1. The van der Waals surface area contributed by atoms with E-state index >= 15 is 0 Å². The molecule has 1 amide bonds. The summed E-state index contributed by atoms with van der Waals surface area (Å²) >= 11 is 0. The van der Waals surface area contributed by atoms with Crippen LogP contribution >= 0.6 is 0 Å². The van der Waals surface area contributed by atoms with Crippen molar-refractivity contribution in [2.24, 2.45) is 11.7 Å². The number of amides is 1. The van der Waals surface area contributed by atoms with E-state index in [4.69, 9.17) is 15.2 Å². The molecule has 0 aliphatic rings. The van der Waals surface area contributed by atoms with E-state index in [0.717, 1.165) is 0 Å². The summed E-state index contributed by atoms with van der Waals surface area (Å²) in [5.74, 6) is 1.21. The lowest BCUT2D eigenvalue weighted by Gasteiger charge is -2.21. The summed E-state index contributed by atoms with van der Waals surface area (Å²) < 4.78 is 10.3. The molecule has 1 atom stereocenters. The van der Waals surface area contributed by atoms with E-state index < -0.39 is 0 Å². The van der Waals surface area contributed by atoms with E-state index in [-0.39, 0.29) is 17.9 Å². The molecule has 0 heterocycles. The SMILES string of the molecule is COc1ccc(C(=O)NC(CN)C(C)C)c(OC)c1. The molecule has 5 heteroatoms. The minimum Gasteiger partial charge on any atom is -0.497 e. The first kappa shape index (κ1) is 15.3. The van der Waals surface area contributed by atoms with Crippen molar-refractivity contribution in [1.29, 1.82) is 0 Å². The molecule has 0 aliphatic heterocycles. The van der Waals surface area contributed by atoms with Crippen molar-refractivity contribution in [1.82, 2.24) is 5.32 Å². The van der Waals surface area contributed by atoms with Crippen LogP contribution < -0.4 is 20.5 Å². The van der Waals surface area contributed by atoms with E-state index in [1.807, 2.05) is 13.8 Å². The fourth-order valence-electron chi connectivity index (χ4n) is 1.73. The average Bonchev–Trinajstić information content (AvgIpc) is 2.43. The van der Waals surface area contributed by atoms with Crippen molar-refractivity contribution in [3.8, 4) is 11.5 Å². The monoisotopic (exact) mass is 266 g/mol. The first-order valence-electron chi connectivity index (χ1n) is 6.26. The van der Waals surface area contributed by atoms with Gasteiger partial charge < -0.3 is 20.5 Å². The third-order valence-corrected chi connectivity index (χ3v) is 3.03. The molecule has 106 valence electrons. The number of benzene rings is 1. The number of carbonyl (C=O) groups is 1. The van der Waals surface area contributed by atoms with Crippen molar-refractivity contribution in [3.63, 3.8) is 0 Å². The van der Waals surface area contributed by atoms with Crippen LogP contribution in [-0.4, -0.2) is 32.7 Å². The Morgan fingerprint density at radius 3 is 2.47 bits per heavy atom. The summed E-state index contributed by atoms with van der Waals surface area (Å²) in [4.78, 5) is 12.2. The molecule has 0 spiro atoms. The second-order valence-electron chi connectivity index (χ2n) is 4.63. The third-order valence-electron chi connectivity index (χ3n) is 3.03. The van der Waals surface area contributed by atoms with Gasteiger partial charge in [0.15, 0.2) is 0 Å². The molecule has 19 heavy (non-hydrogen) atoms. The quantitative estimate of drug-likeness (QED) is 0.816. The summed E-state index contributed by atoms with van der Waals surface area (Å²) in [5, 5.41) is 2.91.